The Morgan fingerprint density at radius 1 is 1.37 bits per heavy atom. The Balaban J connectivity index is 1.57. The van der Waals surface area contributed by atoms with E-state index in [0.717, 1.165) is 24.9 Å². The molecule has 2 aliphatic rings. The monoisotopic (exact) mass is 260 g/mol. The quantitative estimate of drug-likeness (QED) is 0.738. The molecule has 1 heterocycles. The van der Waals surface area contributed by atoms with Gasteiger partial charge in [-0.15, -0.1) is 0 Å². The van der Waals surface area contributed by atoms with Crippen LogP contribution in [0.15, 0.2) is 30.3 Å². The normalized spacial score (nSPS) is 31.4. The maximum atomic E-state index is 12.1. The Morgan fingerprint density at radius 2 is 2.00 bits per heavy atom. The van der Waals surface area contributed by atoms with E-state index in [-0.39, 0.29) is 5.91 Å². The Morgan fingerprint density at radius 3 is 2.63 bits per heavy atom. The number of carbonyl (C=O) groups excluding carboxylic acids is 1. The van der Waals surface area contributed by atoms with Crippen LogP contribution in [0, 0.1) is 17.8 Å². The smallest absolute Gasteiger partial charge is 0.256 e. The zero-order valence-electron chi connectivity index (χ0n) is 11.1. The zero-order chi connectivity index (χ0) is 13.5. The molecule has 102 valence electrons. The molecule has 1 aliphatic heterocycles. The summed E-state index contributed by atoms with van der Waals surface area (Å²) in [6, 6.07) is 9.07. The number of piperidine rings is 1. The van der Waals surface area contributed by atoms with Crippen molar-refractivity contribution in [3.63, 3.8) is 0 Å². The van der Waals surface area contributed by atoms with Crippen LogP contribution in [-0.2, 0) is 10.4 Å². The van der Waals surface area contributed by atoms with Crippen LogP contribution >= 0.6 is 0 Å². The molecule has 1 unspecified atom stereocenters. The van der Waals surface area contributed by atoms with Gasteiger partial charge in [-0.05, 0) is 43.3 Å². The first kappa shape index (κ1) is 12.6. The maximum Gasteiger partial charge on any atom is 0.256 e. The van der Waals surface area contributed by atoms with Gasteiger partial charge in [0.25, 0.3) is 5.91 Å². The van der Waals surface area contributed by atoms with Crippen molar-refractivity contribution < 1.29 is 9.90 Å². The number of nitrogens with one attached hydrogen (secondary N) is 2. The van der Waals surface area contributed by atoms with E-state index in [2.05, 4.69) is 10.6 Å². The summed E-state index contributed by atoms with van der Waals surface area (Å²) < 4.78 is 0. The summed E-state index contributed by atoms with van der Waals surface area (Å²) in [5.74, 6) is 1.73. The van der Waals surface area contributed by atoms with Crippen LogP contribution < -0.4 is 10.6 Å². The highest BCUT2D eigenvalue weighted by Gasteiger charge is 2.52. The van der Waals surface area contributed by atoms with Crippen molar-refractivity contribution in [2.24, 2.45) is 17.8 Å². The van der Waals surface area contributed by atoms with Gasteiger partial charge in [-0.2, -0.15) is 0 Å². The second kappa shape index (κ2) is 4.62. The first-order valence-electron chi connectivity index (χ1n) is 6.87. The van der Waals surface area contributed by atoms with Crippen LogP contribution in [0.1, 0.15) is 12.5 Å². The lowest BCUT2D eigenvalue weighted by Gasteiger charge is -2.23. The van der Waals surface area contributed by atoms with Crippen LogP contribution in [0.25, 0.3) is 0 Å². The summed E-state index contributed by atoms with van der Waals surface area (Å²) in [5.41, 5.74) is -0.825. The number of benzene rings is 1. The molecule has 4 heteroatoms. The fourth-order valence-electron chi connectivity index (χ4n) is 3.13. The van der Waals surface area contributed by atoms with Gasteiger partial charge in [-0.1, -0.05) is 30.3 Å². The zero-order valence-corrected chi connectivity index (χ0v) is 11.1. The molecule has 1 saturated carbocycles. The predicted octanol–water partition coefficient (Wildman–Crippen LogP) is 0.476. The molecule has 0 radical (unpaired) electrons. The Bertz CT molecular complexity index is 462. The SMILES string of the molecule is C[C@@](O)(C(=O)NC[C@H]1C2CNC[C@@H]21)c1ccccc1. The van der Waals surface area contributed by atoms with Crippen molar-refractivity contribution in [3.8, 4) is 0 Å². The van der Waals surface area contributed by atoms with Crippen LogP contribution in [0.3, 0.4) is 0 Å². The van der Waals surface area contributed by atoms with Gasteiger partial charge in [0.1, 0.15) is 0 Å². The second-order valence-corrected chi connectivity index (χ2v) is 5.80. The summed E-state index contributed by atoms with van der Waals surface area (Å²) >= 11 is 0. The molecule has 1 aromatic carbocycles. The van der Waals surface area contributed by atoms with Gasteiger partial charge in [-0.3, -0.25) is 4.79 Å². The predicted molar refractivity (Wildman–Crippen MR) is 72.4 cm³/mol. The molecule has 1 amide bonds. The minimum Gasteiger partial charge on any atom is -0.376 e. The molecular formula is C15H20N2O2. The highest BCUT2D eigenvalue weighted by atomic mass is 16.3. The molecule has 1 aliphatic carbocycles. The van der Waals surface area contributed by atoms with E-state index in [1.54, 1.807) is 19.1 Å². The summed E-state index contributed by atoms with van der Waals surface area (Å²) in [4.78, 5) is 12.1. The van der Waals surface area contributed by atoms with Gasteiger partial charge in [0, 0.05) is 6.54 Å². The molecule has 0 bridgehead atoms. The molecule has 3 rings (SSSR count). The van der Waals surface area contributed by atoms with E-state index < -0.39 is 5.60 Å². The van der Waals surface area contributed by atoms with Crippen molar-refractivity contribution in [1.29, 1.82) is 0 Å². The van der Waals surface area contributed by atoms with Crippen LogP contribution in [0.2, 0.25) is 0 Å². The number of rotatable bonds is 4. The minimum absolute atomic E-state index is 0.309. The van der Waals surface area contributed by atoms with Gasteiger partial charge in [0.2, 0.25) is 0 Å². The third-order valence-electron chi connectivity index (χ3n) is 4.55. The molecule has 19 heavy (non-hydrogen) atoms. The lowest BCUT2D eigenvalue weighted by atomic mass is 9.95. The van der Waals surface area contributed by atoms with Crippen molar-refractivity contribution in [2.75, 3.05) is 19.6 Å². The molecule has 1 saturated heterocycles. The fraction of sp³-hybridized carbons (Fsp3) is 0.533. The minimum atomic E-state index is -1.45. The van der Waals surface area contributed by atoms with E-state index >= 15 is 0 Å². The van der Waals surface area contributed by atoms with E-state index in [9.17, 15) is 9.90 Å². The van der Waals surface area contributed by atoms with Gasteiger partial charge < -0.3 is 15.7 Å². The maximum absolute atomic E-state index is 12.1. The summed E-state index contributed by atoms with van der Waals surface area (Å²) in [6.45, 7) is 4.37. The van der Waals surface area contributed by atoms with Gasteiger partial charge in [0.05, 0.1) is 0 Å². The Labute approximate surface area is 113 Å². The van der Waals surface area contributed by atoms with Crippen molar-refractivity contribution in [1.82, 2.24) is 10.6 Å². The van der Waals surface area contributed by atoms with E-state index in [1.807, 2.05) is 18.2 Å². The third kappa shape index (κ3) is 2.26. The molecule has 0 aromatic heterocycles. The largest absolute Gasteiger partial charge is 0.376 e. The molecule has 0 spiro atoms. The summed E-state index contributed by atoms with van der Waals surface area (Å²) in [6.07, 6.45) is 0. The van der Waals surface area contributed by atoms with Gasteiger partial charge in [-0.25, -0.2) is 0 Å². The fourth-order valence-corrected chi connectivity index (χ4v) is 3.13. The highest BCUT2D eigenvalue weighted by molar-refractivity contribution is 5.85. The lowest BCUT2D eigenvalue weighted by Crippen LogP contribution is -2.43. The average molecular weight is 260 g/mol. The second-order valence-electron chi connectivity index (χ2n) is 5.80. The van der Waals surface area contributed by atoms with Gasteiger partial charge in [0.15, 0.2) is 5.60 Å². The first-order valence-corrected chi connectivity index (χ1v) is 6.87. The molecular weight excluding hydrogens is 240 g/mol. The molecule has 2 fully saturated rings. The Kier molecular flexibility index (Phi) is 3.07. The molecule has 4 atom stereocenters. The number of aliphatic hydroxyl groups is 1. The van der Waals surface area contributed by atoms with Crippen molar-refractivity contribution in [2.45, 2.75) is 12.5 Å². The average Bonchev–Trinajstić information content (AvgIpc) is 2.85. The number of amides is 1. The van der Waals surface area contributed by atoms with Crippen LogP contribution in [0.4, 0.5) is 0 Å². The van der Waals surface area contributed by atoms with E-state index in [4.69, 9.17) is 0 Å². The number of carbonyl (C=O) groups is 1. The van der Waals surface area contributed by atoms with Crippen molar-refractivity contribution >= 4 is 5.91 Å². The van der Waals surface area contributed by atoms with Gasteiger partial charge >= 0.3 is 0 Å². The highest BCUT2D eigenvalue weighted by Crippen LogP contribution is 2.48. The molecule has 1 aromatic rings. The van der Waals surface area contributed by atoms with Crippen LogP contribution in [0.5, 0.6) is 0 Å². The van der Waals surface area contributed by atoms with Crippen molar-refractivity contribution in [3.05, 3.63) is 35.9 Å². The standard InChI is InChI=1S/C15H20N2O2/c1-15(19,10-5-3-2-4-6-10)14(18)17-9-13-11-7-16-8-12(11)13/h2-6,11-13,16,19H,7-9H2,1H3,(H,17,18)/t11-,12?,13+,15-/m0/s1. The summed E-state index contributed by atoms with van der Waals surface area (Å²) in [5, 5.41) is 16.6. The molecule has 3 N–H and O–H groups in total. The Hall–Kier alpha value is -1.39. The number of hydrogen-bond donors (Lipinski definition) is 3. The van der Waals surface area contributed by atoms with Crippen LogP contribution in [-0.4, -0.2) is 30.6 Å². The topological polar surface area (TPSA) is 61.4 Å². The van der Waals surface area contributed by atoms with E-state index in [0.29, 0.717) is 18.0 Å². The van der Waals surface area contributed by atoms with E-state index in [1.165, 1.54) is 0 Å². The summed E-state index contributed by atoms with van der Waals surface area (Å²) in [7, 11) is 0. The number of fused-ring (bicyclic) bond motifs is 1. The number of hydrogen-bond acceptors (Lipinski definition) is 3. The molecule has 4 nitrogen and oxygen atoms in total. The lowest BCUT2D eigenvalue weighted by molar-refractivity contribution is -0.139. The first-order chi connectivity index (χ1) is 9.10. The third-order valence-corrected chi connectivity index (χ3v) is 4.55.